The molecule has 2 aliphatic heterocycles. The number of nitrogens with one attached hydrogen (secondary N) is 1. The summed E-state index contributed by atoms with van der Waals surface area (Å²) < 4.78 is 10.8. The lowest BCUT2D eigenvalue weighted by Gasteiger charge is -2.33. The Balaban J connectivity index is 1.22. The van der Waals surface area contributed by atoms with Crippen molar-refractivity contribution in [3.63, 3.8) is 0 Å². The van der Waals surface area contributed by atoms with Gasteiger partial charge in [-0.1, -0.05) is 37.3 Å². The Labute approximate surface area is 205 Å². The third-order valence-corrected chi connectivity index (χ3v) is 6.83. The molecule has 0 unspecified atom stereocenters. The van der Waals surface area contributed by atoms with Gasteiger partial charge in [0.05, 0.1) is 0 Å². The van der Waals surface area contributed by atoms with E-state index in [1.54, 1.807) is 0 Å². The zero-order valence-corrected chi connectivity index (χ0v) is 20.0. The Morgan fingerprint density at radius 1 is 0.943 bits per heavy atom. The Hall–Kier alpha value is -3.80. The molecule has 6 nitrogen and oxygen atoms in total. The van der Waals surface area contributed by atoms with Gasteiger partial charge in [-0.25, -0.2) is 0 Å². The highest BCUT2D eigenvalue weighted by atomic mass is 16.7. The van der Waals surface area contributed by atoms with Crippen molar-refractivity contribution in [2.45, 2.75) is 38.6 Å². The lowest BCUT2D eigenvalue weighted by atomic mass is 9.89. The van der Waals surface area contributed by atoms with Gasteiger partial charge in [-0.15, -0.1) is 0 Å². The Kier molecular flexibility index (Phi) is 6.70. The van der Waals surface area contributed by atoms with Gasteiger partial charge < -0.3 is 19.7 Å². The van der Waals surface area contributed by atoms with Gasteiger partial charge in [0.2, 0.25) is 6.79 Å². The van der Waals surface area contributed by atoms with E-state index in [0.717, 1.165) is 48.2 Å². The summed E-state index contributed by atoms with van der Waals surface area (Å²) in [6, 6.07) is 21.4. The molecule has 0 bridgehead atoms. The number of piperidine rings is 1. The van der Waals surface area contributed by atoms with Gasteiger partial charge in [-0.05, 0) is 72.4 Å². The zero-order chi connectivity index (χ0) is 24.2. The van der Waals surface area contributed by atoms with E-state index in [1.165, 1.54) is 5.56 Å². The van der Waals surface area contributed by atoms with Crippen molar-refractivity contribution < 1.29 is 19.1 Å². The van der Waals surface area contributed by atoms with E-state index in [2.05, 4.69) is 18.3 Å². The van der Waals surface area contributed by atoms with Crippen molar-refractivity contribution in [1.29, 1.82) is 0 Å². The van der Waals surface area contributed by atoms with Crippen LogP contribution in [-0.4, -0.2) is 36.6 Å². The Morgan fingerprint density at radius 2 is 1.74 bits per heavy atom. The molecular weight excluding hydrogens is 440 g/mol. The highest BCUT2D eigenvalue weighted by molar-refractivity contribution is 5.95. The van der Waals surface area contributed by atoms with Crippen LogP contribution < -0.4 is 14.8 Å². The van der Waals surface area contributed by atoms with E-state index < -0.39 is 0 Å². The van der Waals surface area contributed by atoms with Crippen molar-refractivity contribution in [3.05, 3.63) is 94.5 Å². The van der Waals surface area contributed by atoms with Gasteiger partial charge >= 0.3 is 0 Å². The average Bonchev–Trinajstić information content (AvgIpc) is 3.39. The van der Waals surface area contributed by atoms with Crippen molar-refractivity contribution in [1.82, 2.24) is 10.2 Å². The van der Waals surface area contributed by atoms with Crippen LogP contribution in [0.25, 0.3) is 0 Å². The molecule has 6 heteroatoms. The average molecular weight is 471 g/mol. The molecule has 1 atom stereocenters. The number of carbonyl (C=O) groups is 2. The van der Waals surface area contributed by atoms with Crippen molar-refractivity contribution in [2.75, 3.05) is 19.9 Å². The van der Waals surface area contributed by atoms with E-state index in [1.807, 2.05) is 65.6 Å². The highest BCUT2D eigenvalue weighted by Crippen LogP contribution is 2.32. The molecule has 35 heavy (non-hydrogen) atoms. The molecule has 180 valence electrons. The third-order valence-electron chi connectivity index (χ3n) is 6.83. The molecule has 0 saturated carbocycles. The number of hydrogen-bond donors (Lipinski definition) is 1. The topological polar surface area (TPSA) is 67.9 Å². The molecule has 1 saturated heterocycles. The molecule has 0 spiro atoms. The van der Waals surface area contributed by atoms with Crippen LogP contribution in [0.15, 0.2) is 66.7 Å². The summed E-state index contributed by atoms with van der Waals surface area (Å²) >= 11 is 0. The Morgan fingerprint density at radius 3 is 2.57 bits per heavy atom. The first-order chi connectivity index (χ1) is 17.1. The number of hydrogen-bond acceptors (Lipinski definition) is 4. The summed E-state index contributed by atoms with van der Waals surface area (Å²) in [4.78, 5) is 27.9. The van der Waals surface area contributed by atoms with Gasteiger partial charge in [0.25, 0.3) is 11.8 Å². The van der Waals surface area contributed by atoms with E-state index in [4.69, 9.17) is 9.47 Å². The number of likely N-dealkylation sites (tertiary alicyclic amines) is 1. The standard InChI is InChI=1S/C29H30N2O4/c1-2-20-8-11-22(12-9-20)29(33)31-14-4-7-25(18-31)23-5-3-6-24(16-23)28(32)30-17-21-10-13-26-27(15-21)35-19-34-26/h3,5-6,8-13,15-16,25H,2,4,7,14,17-19H2,1H3,(H,30,32)/t25-/m0/s1. The number of carbonyl (C=O) groups excluding carboxylic acids is 2. The maximum Gasteiger partial charge on any atom is 0.253 e. The third kappa shape index (κ3) is 5.16. The van der Waals surface area contributed by atoms with Gasteiger partial charge in [0.15, 0.2) is 11.5 Å². The molecule has 2 heterocycles. The summed E-state index contributed by atoms with van der Waals surface area (Å²) in [6.45, 7) is 4.17. The molecule has 1 N–H and O–H groups in total. The normalized spacial score (nSPS) is 16.7. The lowest BCUT2D eigenvalue weighted by Crippen LogP contribution is -2.39. The van der Waals surface area contributed by atoms with Crippen molar-refractivity contribution >= 4 is 11.8 Å². The number of amides is 2. The van der Waals surface area contributed by atoms with Crippen LogP contribution in [0.4, 0.5) is 0 Å². The van der Waals surface area contributed by atoms with Crippen LogP contribution >= 0.6 is 0 Å². The second kappa shape index (κ2) is 10.2. The molecule has 2 amide bonds. The van der Waals surface area contributed by atoms with Crippen molar-refractivity contribution in [3.8, 4) is 11.5 Å². The van der Waals surface area contributed by atoms with E-state index in [0.29, 0.717) is 24.4 Å². The molecular formula is C29H30N2O4. The minimum atomic E-state index is -0.121. The smallest absolute Gasteiger partial charge is 0.253 e. The summed E-state index contributed by atoms with van der Waals surface area (Å²) in [7, 11) is 0. The number of benzene rings is 3. The fraction of sp³-hybridized carbons (Fsp3) is 0.310. The summed E-state index contributed by atoms with van der Waals surface area (Å²) in [5.74, 6) is 1.60. The quantitative estimate of drug-likeness (QED) is 0.555. The minimum Gasteiger partial charge on any atom is -0.454 e. The van der Waals surface area contributed by atoms with Crippen LogP contribution in [0.1, 0.15) is 63.1 Å². The number of rotatable bonds is 6. The summed E-state index contributed by atoms with van der Waals surface area (Å²) in [5.41, 5.74) is 4.64. The monoisotopic (exact) mass is 470 g/mol. The van der Waals surface area contributed by atoms with Crippen LogP contribution in [0.3, 0.4) is 0 Å². The number of fused-ring (bicyclic) bond motifs is 1. The highest BCUT2D eigenvalue weighted by Gasteiger charge is 2.26. The molecule has 3 aromatic rings. The molecule has 1 fully saturated rings. The molecule has 5 rings (SSSR count). The number of nitrogens with zero attached hydrogens (tertiary/aromatic N) is 1. The largest absolute Gasteiger partial charge is 0.454 e. The van der Waals surface area contributed by atoms with Crippen LogP contribution in [-0.2, 0) is 13.0 Å². The number of aryl methyl sites for hydroxylation is 1. The predicted molar refractivity (Wildman–Crippen MR) is 134 cm³/mol. The summed E-state index contributed by atoms with van der Waals surface area (Å²) in [5, 5.41) is 2.99. The van der Waals surface area contributed by atoms with Gasteiger partial charge in [0, 0.05) is 36.7 Å². The maximum atomic E-state index is 13.1. The fourth-order valence-electron chi connectivity index (χ4n) is 4.77. The Bertz CT molecular complexity index is 1220. The molecule has 3 aromatic carbocycles. The van der Waals surface area contributed by atoms with Gasteiger partial charge in [-0.2, -0.15) is 0 Å². The molecule has 0 aromatic heterocycles. The summed E-state index contributed by atoms with van der Waals surface area (Å²) in [6.07, 6.45) is 2.91. The molecule has 0 radical (unpaired) electrons. The maximum absolute atomic E-state index is 13.1. The van der Waals surface area contributed by atoms with Crippen LogP contribution in [0.2, 0.25) is 0 Å². The van der Waals surface area contributed by atoms with E-state index in [9.17, 15) is 9.59 Å². The van der Waals surface area contributed by atoms with Gasteiger partial charge in [-0.3, -0.25) is 9.59 Å². The number of ether oxygens (including phenoxy) is 2. The second-order valence-corrected chi connectivity index (χ2v) is 9.14. The molecule has 2 aliphatic rings. The van der Waals surface area contributed by atoms with Crippen molar-refractivity contribution in [2.24, 2.45) is 0 Å². The second-order valence-electron chi connectivity index (χ2n) is 9.14. The van der Waals surface area contributed by atoms with E-state index >= 15 is 0 Å². The van der Waals surface area contributed by atoms with E-state index in [-0.39, 0.29) is 24.5 Å². The molecule has 0 aliphatic carbocycles. The van der Waals surface area contributed by atoms with Crippen LogP contribution in [0, 0.1) is 0 Å². The van der Waals surface area contributed by atoms with Crippen LogP contribution in [0.5, 0.6) is 11.5 Å². The zero-order valence-electron chi connectivity index (χ0n) is 20.0. The van der Waals surface area contributed by atoms with Gasteiger partial charge in [0.1, 0.15) is 0 Å². The predicted octanol–water partition coefficient (Wildman–Crippen LogP) is 4.93. The minimum absolute atomic E-state index is 0.0787. The first-order valence-corrected chi connectivity index (χ1v) is 12.3. The lowest BCUT2D eigenvalue weighted by molar-refractivity contribution is 0.0706. The SMILES string of the molecule is CCc1ccc(C(=O)N2CCC[C@H](c3cccc(C(=O)NCc4ccc5c(c4)OCO5)c3)C2)cc1. The fourth-order valence-corrected chi connectivity index (χ4v) is 4.77. The first kappa shape index (κ1) is 23.0. The first-order valence-electron chi connectivity index (χ1n) is 12.3.